The second-order valence-corrected chi connectivity index (χ2v) is 8.00. The van der Waals surface area contributed by atoms with Gasteiger partial charge in [0.2, 0.25) is 0 Å². The summed E-state index contributed by atoms with van der Waals surface area (Å²) in [4.78, 5) is 3.13. The summed E-state index contributed by atoms with van der Waals surface area (Å²) in [6, 6.07) is 8.69. The Morgan fingerprint density at radius 2 is 1.57 bits per heavy atom. The van der Waals surface area contributed by atoms with Crippen molar-refractivity contribution in [2.24, 2.45) is 11.1 Å². The van der Waals surface area contributed by atoms with Crippen LogP contribution in [0.3, 0.4) is 0 Å². The quantitative estimate of drug-likeness (QED) is 0.536. The maximum Gasteiger partial charge on any atom is 0.150 e. The molecule has 3 aromatic rings. The highest BCUT2D eigenvalue weighted by Gasteiger charge is 2.52. The minimum Gasteiger partial charge on any atom is -0.352 e. The third-order valence-corrected chi connectivity index (χ3v) is 6.15. The Kier molecular flexibility index (Phi) is 4.74. The molecule has 0 atom stereocenters. The topological polar surface area (TPSA) is 41.8 Å². The predicted octanol–water partition coefficient (Wildman–Crippen LogP) is 6.26. The third kappa shape index (κ3) is 3.02. The first-order valence-electron chi connectivity index (χ1n) is 9.96. The smallest absolute Gasteiger partial charge is 0.150 e. The normalized spacial score (nSPS) is 25.8. The van der Waals surface area contributed by atoms with E-state index in [9.17, 15) is 13.2 Å². The summed E-state index contributed by atoms with van der Waals surface area (Å²) in [6.07, 6.45) is 4.03. The van der Waals surface area contributed by atoms with Crippen molar-refractivity contribution in [2.75, 3.05) is 0 Å². The maximum atomic E-state index is 14.3. The number of halogens is 3. The molecule has 1 heterocycles. The van der Waals surface area contributed by atoms with Gasteiger partial charge in [-0.25, -0.2) is 13.2 Å². The highest BCUT2D eigenvalue weighted by Crippen LogP contribution is 2.63. The van der Waals surface area contributed by atoms with Gasteiger partial charge >= 0.3 is 0 Å². The molecule has 2 aliphatic rings. The fourth-order valence-corrected chi connectivity index (χ4v) is 5.08. The molecule has 2 aromatic carbocycles. The van der Waals surface area contributed by atoms with E-state index in [0.717, 1.165) is 48.6 Å². The second-order valence-electron chi connectivity index (χ2n) is 8.00. The van der Waals surface area contributed by atoms with Gasteiger partial charge < -0.3 is 10.7 Å². The Labute approximate surface area is 162 Å². The van der Waals surface area contributed by atoms with Gasteiger partial charge in [0, 0.05) is 17.5 Å². The maximum absolute atomic E-state index is 14.3. The van der Waals surface area contributed by atoms with E-state index in [1.165, 1.54) is 18.2 Å². The molecule has 0 bridgehead atoms. The highest BCUT2D eigenvalue weighted by atomic mass is 19.1. The number of aromatic nitrogens is 1. The summed E-state index contributed by atoms with van der Waals surface area (Å²) >= 11 is 0. The van der Waals surface area contributed by atoms with Crippen LogP contribution in [0.1, 0.15) is 51.0 Å². The number of benzene rings is 2. The van der Waals surface area contributed by atoms with Gasteiger partial charge in [0.05, 0.1) is 11.2 Å². The van der Waals surface area contributed by atoms with Crippen LogP contribution in [-0.2, 0) is 0 Å². The molecule has 0 unspecified atom stereocenters. The molecule has 0 saturated heterocycles. The molecular formula is C23H25F3N2. The first-order valence-corrected chi connectivity index (χ1v) is 9.96. The van der Waals surface area contributed by atoms with Crippen LogP contribution in [0.15, 0.2) is 36.4 Å². The number of hydrogen-bond donors (Lipinski definition) is 2. The highest BCUT2D eigenvalue weighted by molar-refractivity contribution is 5.92. The number of rotatable bonds is 2. The number of aromatic amines is 1. The van der Waals surface area contributed by atoms with E-state index < -0.39 is 11.6 Å². The van der Waals surface area contributed by atoms with Crippen molar-refractivity contribution in [3.8, 4) is 11.3 Å². The SMILES string of the molecule is CC.NC1CC2(C1)CC(c1c(-c3ccc(F)cc3)[nH]c3c(F)cc(F)cc13)C2. The molecule has 2 saturated carbocycles. The summed E-state index contributed by atoms with van der Waals surface area (Å²) in [6.45, 7) is 4.00. The van der Waals surface area contributed by atoms with Crippen molar-refractivity contribution >= 4 is 10.9 Å². The van der Waals surface area contributed by atoms with Gasteiger partial charge in [-0.05, 0) is 78.5 Å². The summed E-state index contributed by atoms with van der Waals surface area (Å²) in [5, 5.41) is 0.588. The fourth-order valence-electron chi connectivity index (χ4n) is 5.08. The van der Waals surface area contributed by atoms with Gasteiger partial charge in [-0.15, -0.1) is 0 Å². The Hall–Kier alpha value is -2.27. The molecule has 1 spiro atoms. The average molecular weight is 386 g/mol. The van der Waals surface area contributed by atoms with E-state index in [4.69, 9.17) is 5.73 Å². The van der Waals surface area contributed by atoms with Crippen molar-refractivity contribution in [3.63, 3.8) is 0 Å². The van der Waals surface area contributed by atoms with Crippen molar-refractivity contribution in [1.82, 2.24) is 4.98 Å². The van der Waals surface area contributed by atoms with Crippen LogP contribution in [0.5, 0.6) is 0 Å². The van der Waals surface area contributed by atoms with E-state index in [0.29, 0.717) is 16.3 Å². The van der Waals surface area contributed by atoms with Gasteiger partial charge in [-0.1, -0.05) is 13.8 Å². The van der Waals surface area contributed by atoms with Crippen molar-refractivity contribution in [2.45, 2.75) is 51.5 Å². The second kappa shape index (κ2) is 6.96. The lowest BCUT2D eigenvalue weighted by Gasteiger charge is -2.57. The summed E-state index contributed by atoms with van der Waals surface area (Å²) in [7, 11) is 0. The van der Waals surface area contributed by atoms with Gasteiger partial charge in [-0.3, -0.25) is 0 Å². The lowest BCUT2D eigenvalue weighted by Crippen LogP contribution is -2.52. The third-order valence-electron chi connectivity index (χ3n) is 6.15. The molecule has 0 amide bonds. The zero-order valence-electron chi connectivity index (χ0n) is 16.2. The summed E-state index contributed by atoms with van der Waals surface area (Å²) in [5.74, 6) is -1.28. The van der Waals surface area contributed by atoms with Gasteiger partial charge in [0.1, 0.15) is 17.5 Å². The molecular weight excluding hydrogens is 361 g/mol. The minimum absolute atomic E-state index is 0.234. The number of hydrogen-bond acceptors (Lipinski definition) is 1. The molecule has 2 aliphatic carbocycles. The zero-order chi connectivity index (χ0) is 20.1. The monoisotopic (exact) mass is 386 g/mol. The molecule has 148 valence electrons. The van der Waals surface area contributed by atoms with Crippen LogP contribution in [0.4, 0.5) is 13.2 Å². The predicted molar refractivity (Wildman–Crippen MR) is 107 cm³/mol. The van der Waals surface area contributed by atoms with Gasteiger partial charge in [0.15, 0.2) is 0 Å². The average Bonchev–Trinajstić information content (AvgIpc) is 2.98. The fraction of sp³-hybridized carbons (Fsp3) is 0.391. The van der Waals surface area contributed by atoms with Gasteiger partial charge in [0.25, 0.3) is 0 Å². The van der Waals surface area contributed by atoms with Crippen molar-refractivity contribution in [3.05, 3.63) is 59.4 Å². The zero-order valence-corrected chi connectivity index (χ0v) is 16.2. The van der Waals surface area contributed by atoms with Crippen molar-refractivity contribution < 1.29 is 13.2 Å². The Bertz CT molecular complexity index is 993. The molecule has 5 rings (SSSR count). The molecule has 0 radical (unpaired) electrons. The molecule has 2 fully saturated rings. The summed E-state index contributed by atoms with van der Waals surface area (Å²) < 4.78 is 41.5. The lowest BCUT2D eigenvalue weighted by molar-refractivity contribution is -0.00760. The van der Waals surface area contributed by atoms with Crippen LogP contribution in [-0.4, -0.2) is 11.0 Å². The molecule has 5 heteroatoms. The number of H-pyrrole nitrogens is 1. The van der Waals surface area contributed by atoms with Crippen LogP contribution in [0.25, 0.3) is 22.2 Å². The van der Waals surface area contributed by atoms with Gasteiger partial charge in [-0.2, -0.15) is 0 Å². The van der Waals surface area contributed by atoms with Crippen LogP contribution in [0.2, 0.25) is 0 Å². The first kappa shape index (κ1) is 19.1. The Morgan fingerprint density at radius 1 is 0.929 bits per heavy atom. The van der Waals surface area contributed by atoms with Crippen LogP contribution in [0, 0.1) is 22.9 Å². The number of nitrogens with one attached hydrogen (secondary N) is 1. The minimum atomic E-state index is -0.602. The van der Waals surface area contributed by atoms with E-state index in [1.54, 1.807) is 12.1 Å². The van der Waals surface area contributed by atoms with Crippen LogP contribution >= 0.6 is 0 Å². The standard InChI is InChI=1S/C21H19F3N2.C2H6/c22-13-3-1-11(2-4-13)19-18(12-7-21(8-12)9-15(25)10-21)16-5-14(23)6-17(24)20(16)26-19;1-2/h1-6,12,15,26H,7-10,25H2;1-2H3. The Balaban J connectivity index is 0.000000932. The lowest BCUT2D eigenvalue weighted by atomic mass is 9.49. The van der Waals surface area contributed by atoms with Crippen LogP contribution < -0.4 is 5.73 Å². The summed E-state index contributed by atoms with van der Waals surface area (Å²) in [5.41, 5.74) is 9.05. The molecule has 3 N–H and O–H groups in total. The largest absolute Gasteiger partial charge is 0.352 e. The Morgan fingerprint density at radius 3 is 2.18 bits per heavy atom. The first-order chi connectivity index (χ1) is 13.4. The molecule has 1 aromatic heterocycles. The molecule has 2 nitrogen and oxygen atoms in total. The van der Waals surface area contributed by atoms with E-state index in [1.807, 2.05) is 13.8 Å². The number of fused-ring (bicyclic) bond motifs is 1. The molecule has 0 aliphatic heterocycles. The van der Waals surface area contributed by atoms with E-state index in [-0.39, 0.29) is 17.8 Å². The number of nitrogens with two attached hydrogens (primary N) is 1. The van der Waals surface area contributed by atoms with E-state index >= 15 is 0 Å². The van der Waals surface area contributed by atoms with Crippen molar-refractivity contribution in [1.29, 1.82) is 0 Å². The molecule has 28 heavy (non-hydrogen) atoms. The van der Waals surface area contributed by atoms with E-state index in [2.05, 4.69) is 4.98 Å².